The minimum Gasteiger partial charge on any atom is -0.341 e. The van der Waals surface area contributed by atoms with E-state index in [4.69, 9.17) is 24.4 Å². The predicted octanol–water partition coefficient (Wildman–Crippen LogP) is 3.30. The van der Waals surface area contributed by atoms with Crippen LogP contribution < -0.4 is 5.32 Å². The SMILES string of the molecule is CC.S=C1C=C2SCCCC2C(=S)N1. The highest BCUT2D eigenvalue weighted by atomic mass is 32.2. The summed E-state index contributed by atoms with van der Waals surface area (Å²) in [6.07, 6.45) is 4.51. The zero-order valence-electron chi connectivity index (χ0n) is 8.50. The van der Waals surface area contributed by atoms with Crippen LogP contribution in [0.15, 0.2) is 11.0 Å². The van der Waals surface area contributed by atoms with Crippen molar-refractivity contribution in [2.45, 2.75) is 26.7 Å². The molecule has 2 rings (SSSR count). The van der Waals surface area contributed by atoms with Crippen LogP contribution in [-0.2, 0) is 0 Å². The molecule has 0 saturated carbocycles. The van der Waals surface area contributed by atoms with Gasteiger partial charge in [0.25, 0.3) is 0 Å². The fourth-order valence-corrected chi connectivity index (χ4v) is 3.49. The Kier molecular flexibility index (Phi) is 5.06. The quantitative estimate of drug-likeness (QED) is 0.657. The van der Waals surface area contributed by atoms with Gasteiger partial charge >= 0.3 is 0 Å². The Labute approximate surface area is 101 Å². The van der Waals surface area contributed by atoms with Crippen LogP contribution in [0.5, 0.6) is 0 Å². The third-order valence-electron chi connectivity index (χ3n) is 2.09. The van der Waals surface area contributed by atoms with Gasteiger partial charge in [-0.15, -0.1) is 11.8 Å². The van der Waals surface area contributed by atoms with Crippen LogP contribution in [0.4, 0.5) is 0 Å². The summed E-state index contributed by atoms with van der Waals surface area (Å²) < 4.78 is 0. The summed E-state index contributed by atoms with van der Waals surface area (Å²) in [5, 5.41) is 3.05. The minimum absolute atomic E-state index is 0.463. The molecule has 0 aromatic rings. The number of fused-ring (bicyclic) bond motifs is 1. The molecule has 1 atom stereocenters. The van der Waals surface area contributed by atoms with Gasteiger partial charge in [0.15, 0.2) is 0 Å². The molecular formula is C10H15NS3. The maximum atomic E-state index is 5.23. The van der Waals surface area contributed by atoms with Crippen LogP contribution in [0.2, 0.25) is 0 Å². The fraction of sp³-hybridized carbons (Fsp3) is 0.600. The van der Waals surface area contributed by atoms with E-state index in [0.29, 0.717) is 5.92 Å². The van der Waals surface area contributed by atoms with Crippen molar-refractivity contribution in [1.82, 2.24) is 5.32 Å². The van der Waals surface area contributed by atoms with Gasteiger partial charge in [0.2, 0.25) is 0 Å². The number of thiocarbonyl (C=S) groups is 2. The molecule has 1 saturated heterocycles. The molecule has 1 unspecified atom stereocenters. The zero-order chi connectivity index (χ0) is 10.6. The highest BCUT2D eigenvalue weighted by Gasteiger charge is 2.27. The second-order valence-corrected chi connectivity index (χ2v) is 4.99. The fourth-order valence-electron chi connectivity index (χ4n) is 1.50. The molecule has 1 N–H and O–H groups in total. The van der Waals surface area contributed by atoms with E-state index in [2.05, 4.69) is 11.4 Å². The van der Waals surface area contributed by atoms with Crippen LogP contribution in [-0.4, -0.2) is 15.7 Å². The summed E-state index contributed by atoms with van der Waals surface area (Å²) in [7, 11) is 0. The van der Waals surface area contributed by atoms with Crippen LogP contribution in [0.1, 0.15) is 26.7 Å². The van der Waals surface area contributed by atoms with E-state index < -0.39 is 0 Å². The molecule has 0 aromatic heterocycles. The normalized spacial score (nSPS) is 25.3. The first kappa shape index (κ1) is 12.1. The molecule has 4 heteroatoms. The third kappa shape index (κ3) is 2.78. The third-order valence-corrected chi connectivity index (χ3v) is 3.92. The number of hydrogen-bond donors (Lipinski definition) is 1. The lowest BCUT2D eigenvalue weighted by atomic mass is 10.00. The molecule has 0 spiro atoms. The van der Waals surface area contributed by atoms with Crippen molar-refractivity contribution in [3.8, 4) is 0 Å². The summed E-state index contributed by atoms with van der Waals surface area (Å²) >= 11 is 12.2. The Morgan fingerprint density at radius 1 is 1.43 bits per heavy atom. The van der Waals surface area contributed by atoms with Crippen molar-refractivity contribution >= 4 is 46.2 Å². The van der Waals surface area contributed by atoms with E-state index in [9.17, 15) is 0 Å². The molecule has 1 fully saturated rings. The number of hydrogen-bond acceptors (Lipinski definition) is 3. The monoisotopic (exact) mass is 245 g/mol. The molecule has 14 heavy (non-hydrogen) atoms. The largest absolute Gasteiger partial charge is 0.341 e. The molecular weight excluding hydrogens is 230 g/mol. The first-order valence-corrected chi connectivity index (χ1v) is 6.77. The van der Waals surface area contributed by atoms with Gasteiger partial charge in [-0.2, -0.15) is 0 Å². The average molecular weight is 245 g/mol. The standard InChI is InChI=1S/C8H9NS3.C2H6/c10-7-4-6-5(8(11)9-7)2-1-3-12-6;1-2/h4-5H,1-3H2,(H,9,10,11);1-2H3. The molecule has 2 aliphatic heterocycles. The number of nitrogens with one attached hydrogen (secondary N) is 1. The molecule has 0 radical (unpaired) electrons. The molecule has 1 nitrogen and oxygen atoms in total. The Morgan fingerprint density at radius 2 is 2.14 bits per heavy atom. The van der Waals surface area contributed by atoms with Gasteiger partial charge < -0.3 is 5.32 Å². The number of thioether (sulfide) groups is 1. The first-order chi connectivity index (χ1) is 6.77. The zero-order valence-corrected chi connectivity index (χ0v) is 11.0. The maximum Gasteiger partial charge on any atom is 0.104 e. The number of rotatable bonds is 0. The van der Waals surface area contributed by atoms with Crippen LogP contribution in [0.25, 0.3) is 0 Å². The van der Waals surface area contributed by atoms with Gasteiger partial charge in [0, 0.05) is 5.92 Å². The van der Waals surface area contributed by atoms with Crippen molar-refractivity contribution in [3.63, 3.8) is 0 Å². The molecule has 0 amide bonds. The van der Waals surface area contributed by atoms with Crippen molar-refractivity contribution < 1.29 is 0 Å². The Morgan fingerprint density at radius 3 is 2.86 bits per heavy atom. The van der Waals surface area contributed by atoms with Gasteiger partial charge in [0.05, 0.1) is 4.99 Å². The molecule has 2 aliphatic rings. The molecule has 78 valence electrons. The van der Waals surface area contributed by atoms with Crippen molar-refractivity contribution in [2.24, 2.45) is 5.92 Å². The van der Waals surface area contributed by atoms with E-state index in [1.165, 1.54) is 23.5 Å². The second-order valence-electron chi connectivity index (χ2n) is 2.94. The smallest absolute Gasteiger partial charge is 0.104 e. The molecule has 0 aliphatic carbocycles. The molecule has 0 aromatic carbocycles. The summed E-state index contributed by atoms with van der Waals surface area (Å²) in [6, 6.07) is 0. The predicted molar refractivity (Wildman–Crippen MR) is 72.9 cm³/mol. The second kappa shape index (κ2) is 5.83. The Balaban J connectivity index is 0.000000461. The maximum absolute atomic E-state index is 5.23. The van der Waals surface area contributed by atoms with Crippen molar-refractivity contribution in [1.29, 1.82) is 0 Å². The van der Waals surface area contributed by atoms with Crippen LogP contribution in [0, 0.1) is 5.92 Å². The van der Waals surface area contributed by atoms with E-state index in [-0.39, 0.29) is 0 Å². The van der Waals surface area contributed by atoms with Crippen LogP contribution >= 0.6 is 36.2 Å². The molecule has 0 bridgehead atoms. The highest BCUT2D eigenvalue weighted by Crippen LogP contribution is 2.36. The van der Waals surface area contributed by atoms with E-state index >= 15 is 0 Å². The Bertz CT molecular complexity index is 271. The van der Waals surface area contributed by atoms with Gasteiger partial charge in [-0.05, 0) is 29.6 Å². The van der Waals surface area contributed by atoms with Gasteiger partial charge in [-0.3, -0.25) is 0 Å². The lowest BCUT2D eigenvalue weighted by Crippen LogP contribution is -2.38. The van der Waals surface area contributed by atoms with Crippen LogP contribution in [0.3, 0.4) is 0 Å². The van der Waals surface area contributed by atoms with Gasteiger partial charge in [-0.1, -0.05) is 38.3 Å². The molecule has 2 heterocycles. The lowest BCUT2D eigenvalue weighted by molar-refractivity contribution is 0.698. The average Bonchev–Trinajstić information content (AvgIpc) is 2.20. The van der Waals surface area contributed by atoms with Gasteiger partial charge in [-0.25, -0.2) is 0 Å². The van der Waals surface area contributed by atoms with E-state index in [0.717, 1.165) is 9.98 Å². The summed E-state index contributed by atoms with van der Waals surface area (Å²) in [6.45, 7) is 4.00. The van der Waals surface area contributed by atoms with E-state index in [1.54, 1.807) is 0 Å². The van der Waals surface area contributed by atoms with Crippen molar-refractivity contribution in [3.05, 3.63) is 11.0 Å². The van der Waals surface area contributed by atoms with E-state index in [1.807, 2.05) is 25.6 Å². The minimum atomic E-state index is 0.463. The van der Waals surface area contributed by atoms with Crippen molar-refractivity contribution in [2.75, 3.05) is 5.75 Å². The first-order valence-electron chi connectivity index (χ1n) is 4.96. The summed E-state index contributed by atoms with van der Waals surface area (Å²) in [5.74, 6) is 1.68. The topological polar surface area (TPSA) is 12.0 Å². The lowest BCUT2D eigenvalue weighted by Gasteiger charge is -2.29. The summed E-state index contributed by atoms with van der Waals surface area (Å²) in [4.78, 5) is 3.07. The van der Waals surface area contributed by atoms with Gasteiger partial charge in [0.1, 0.15) is 4.99 Å². The Hall–Kier alpha value is 0.0700. The summed E-state index contributed by atoms with van der Waals surface area (Å²) in [5.41, 5.74) is 0. The highest BCUT2D eigenvalue weighted by molar-refractivity contribution is 8.03.